The summed E-state index contributed by atoms with van der Waals surface area (Å²) in [6.45, 7) is 10.1. The van der Waals surface area contributed by atoms with Gasteiger partial charge in [0.2, 0.25) is 11.8 Å². The maximum Gasteiger partial charge on any atom is 0.310 e. The highest BCUT2D eigenvalue weighted by Crippen LogP contribution is 2.66. The van der Waals surface area contributed by atoms with Crippen molar-refractivity contribution in [2.24, 2.45) is 17.8 Å². The minimum absolute atomic E-state index is 0.00465. The molecular weight excluding hydrogens is 458 g/mol. The molecule has 1 spiro atoms. The number of carbonyl (C=O) groups is 3. The quantitative estimate of drug-likeness (QED) is 0.420. The van der Waals surface area contributed by atoms with Crippen molar-refractivity contribution < 1.29 is 29.0 Å². The smallest absolute Gasteiger partial charge is 0.310 e. The molecule has 4 heterocycles. The molecule has 0 aliphatic carbocycles. The van der Waals surface area contributed by atoms with Gasteiger partial charge in [-0.2, -0.15) is 0 Å². The van der Waals surface area contributed by atoms with Crippen molar-refractivity contribution in [2.45, 2.75) is 62.1 Å². The van der Waals surface area contributed by atoms with E-state index in [0.29, 0.717) is 26.2 Å². The van der Waals surface area contributed by atoms with Crippen molar-refractivity contribution in [3.05, 3.63) is 0 Å². The molecule has 4 saturated heterocycles. The van der Waals surface area contributed by atoms with E-state index in [1.54, 1.807) is 23.6 Å². The SMILES string of the molecule is CCOC(=O)[C@@H]1[C@@H]2CCC3(S2)C(C(=O)NCCN2CCOCC2)N([C@@H](CO)[C@@H](C)CC)C(=O)[C@H]13. The Hall–Kier alpha value is -1.36. The number of aliphatic hydroxyl groups is 1. The van der Waals surface area contributed by atoms with E-state index >= 15 is 0 Å². The first kappa shape index (κ1) is 25.7. The highest BCUT2D eigenvalue weighted by Gasteiger charge is 2.74. The average molecular weight is 498 g/mol. The molecular formula is C24H39N3O6S. The Morgan fingerprint density at radius 1 is 1.32 bits per heavy atom. The second-order valence-electron chi connectivity index (χ2n) is 9.93. The summed E-state index contributed by atoms with van der Waals surface area (Å²) >= 11 is 1.63. The fraction of sp³-hybridized carbons (Fsp3) is 0.875. The summed E-state index contributed by atoms with van der Waals surface area (Å²) in [5.41, 5.74) is 0. The first-order valence-electron chi connectivity index (χ1n) is 12.7. The summed E-state index contributed by atoms with van der Waals surface area (Å²) < 4.78 is 10.1. The molecule has 0 radical (unpaired) electrons. The lowest BCUT2D eigenvalue weighted by molar-refractivity contribution is -0.154. The highest BCUT2D eigenvalue weighted by atomic mass is 32.2. The Kier molecular flexibility index (Phi) is 8.11. The number of nitrogens with one attached hydrogen (secondary N) is 1. The van der Waals surface area contributed by atoms with Crippen LogP contribution in [0.15, 0.2) is 0 Å². The van der Waals surface area contributed by atoms with Gasteiger partial charge >= 0.3 is 5.97 Å². The second-order valence-corrected chi connectivity index (χ2v) is 11.5. The predicted octanol–water partition coefficient (Wildman–Crippen LogP) is 0.496. The topological polar surface area (TPSA) is 108 Å². The van der Waals surface area contributed by atoms with Crippen LogP contribution in [0.5, 0.6) is 0 Å². The van der Waals surface area contributed by atoms with E-state index < -0.39 is 28.7 Å². The molecule has 2 unspecified atom stereocenters. The Labute approximate surface area is 206 Å². The molecule has 34 heavy (non-hydrogen) atoms. The summed E-state index contributed by atoms with van der Waals surface area (Å²) in [4.78, 5) is 44.5. The zero-order chi connectivity index (χ0) is 24.5. The summed E-state index contributed by atoms with van der Waals surface area (Å²) in [6, 6.07) is -1.16. The van der Waals surface area contributed by atoms with E-state index in [4.69, 9.17) is 9.47 Å². The number of morpholine rings is 1. The lowest BCUT2D eigenvalue weighted by atomic mass is 9.71. The molecule has 4 aliphatic heterocycles. The number of amides is 2. The fourth-order valence-corrected chi connectivity index (χ4v) is 8.52. The summed E-state index contributed by atoms with van der Waals surface area (Å²) in [5.74, 6) is -1.78. The normalized spacial score (nSPS) is 34.7. The lowest BCUT2D eigenvalue weighted by Crippen LogP contribution is -2.58. The van der Waals surface area contributed by atoms with Crippen LogP contribution in [-0.2, 0) is 23.9 Å². The molecule has 9 nitrogen and oxygen atoms in total. The number of rotatable bonds is 10. The summed E-state index contributed by atoms with van der Waals surface area (Å²) in [5, 5.41) is 13.4. The van der Waals surface area contributed by atoms with Gasteiger partial charge in [0, 0.05) is 31.4 Å². The van der Waals surface area contributed by atoms with Crippen LogP contribution in [-0.4, -0.2) is 107 Å². The molecule has 0 aromatic carbocycles. The molecule has 4 fully saturated rings. The lowest BCUT2D eigenvalue weighted by Gasteiger charge is -2.39. The molecule has 4 rings (SSSR count). The van der Waals surface area contributed by atoms with Crippen LogP contribution in [0.3, 0.4) is 0 Å². The van der Waals surface area contributed by atoms with Gasteiger partial charge in [-0.05, 0) is 25.7 Å². The number of aliphatic hydroxyl groups excluding tert-OH is 1. The molecule has 2 bridgehead atoms. The van der Waals surface area contributed by atoms with Crippen molar-refractivity contribution >= 4 is 29.5 Å². The van der Waals surface area contributed by atoms with Crippen molar-refractivity contribution in [1.82, 2.24) is 15.1 Å². The third-order valence-electron chi connectivity index (χ3n) is 8.22. The molecule has 2 amide bonds. The highest BCUT2D eigenvalue weighted by molar-refractivity contribution is 8.02. The zero-order valence-electron chi connectivity index (χ0n) is 20.5. The number of ether oxygens (including phenoxy) is 2. The number of hydrogen-bond acceptors (Lipinski definition) is 8. The third-order valence-corrected chi connectivity index (χ3v) is 10.2. The van der Waals surface area contributed by atoms with Crippen LogP contribution in [0.1, 0.15) is 40.0 Å². The van der Waals surface area contributed by atoms with Crippen LogP contribution < -0.4 is 5.32 Å². The van der Waals surface area contributed by atoms with E-state index in [1.807, 2.05) is 13.8 Å². The third kappa shape index (κ3) is 4.35. The largest absolute Gasteiger partial charge is 0.466 e. The van der Waals surface area contributed by atoms with Crippen molar-refractivity contribution in [3.63, 3.8) is 0 Å². The minimum atomic E-state index is -0.699. The minimum Gasteiger partial charge on any atom is -0.466 e. The van der Waals surface area contributed by atoms with E-state index in [9.17, 15) is 19.5 Å². The Bertz CT molecular complexity index is 778. The Morgan fingerprint density at radius 3 is 2.71 bits per heavy atom. The molecule has 192 valence electrons. The number of fused-ring (bicyclic) bond motifs is 1. The van der Waals surface area contributed by atoms with Crippen LogP contribution >= 0.6 is 11.8 Å². The Morgan fingerprint density at radius 2 is 2.06 bits per heavy atom. The number of hydrogen-bond donors (Lipinski definition) is 2. The predicted molar refractivity (Wildman–Crippen MR) is 128 cm³/mol. The van der Waals surface area contributed by atoms with Gasteiger partial charge in [0.05, 0.1) is 49.1 Å². The maximum absolute atomic E-state index is 13.9. The molecule has 0 aromatic rings. The number of thioether (sulfide) groups is 1. The molecule has 7 atom stereocenters. The molecule has 4 aliphatic rings. The molecule has 2 N–H and O–H groups in total. The maximum atomic E-state index is 13.9. The van der Waals surface area contributed by atoms with Gasteiger partial charge in [-0.25, -0.2) is 0 Å². The average Bonchev–Trinajstić information content (AvgIpc) is 3.48. The van der Waals surface area contributed by atoms with E-state index in [-0.39, 0.29) is 42.2 Å². The summed E-state index contributed by atoms with van der Waals surface area (Å²) in [7, 11) is 0. The van der Waals surface area contributed by atoms with Crippen LogP contribution in [0.4, 0.5) is 0 Å². The van der Waals surface area contributed by atoms with Crippen molar-refractivity contribution in [1.29, 1.82) is 0 Å². The van der Waals surface area contributed by atoms with Crippen molar-refractivity contribution in [2.75, 3.05) is 52.6 Å². The Balaban J connectivity index is 1.60. The fourth-order valence-electron chi connectivity index (χ4n) is 6.33. The zero-order valence-corrected chi connectivity index (χ0v) is 21.3. The van der Waals surface area contributed by atoms with Crippen LogP contribution in [0.2, 0.25) is 0 Å². The van der Waals surface area contributed by atoms with Gasteiger partial charge < -0.3 is 24.8 Å². The van der Waals surface area contributed by atoms with Crippen LogP contribution in [0.25, 0.3) is 0 Å². The van der Waals surface area contributed by atoms with Crippen molar-refractivity contribution in [3.8, 4) is 0 Å². The standard InChI is InChI=1S/C24H39N3O6S/c1-4-15(3)16(14-28)27-20(21(29)25-8-9-26-10-12-32-13-11-26)24-7-6-17(34-24)18(19(24)22(27)30)23(31)33-5-2/h15-20,28H,4-14H2,1-3H3,(H,25,29)/t15-,16-,17-,18+,19-,20?,24?/m0/s1. The van der Waals surface area contributed by atoms with E-state index in [2.05, 4.69) is 10.2 Å². The van der Waals surface area contributed by atoms with Crippen LogP contribution in [0, 0.1) is 17.8 Å². The van der Waals surface area contributed by atoms with Gasteiger partial charge in [-0.3, -0.25) is 19.3 Å². The van der Waals surface area contributed by atoms with Gasteiger partial charge in [-0.15, -0.1) is 11.8 Å². The van der Waals surface area contributed by atoms with E-state index in [0.717, 1.165) is 32.5 Å². The first-order valence-corrected chi connectivity index (χ1v) is 13.6. The van der Waals surface area contributed by atoms with Gasteiger partial charge in [0.1, 0.15) is 6.04 Å². The van der Waals surface area contributed by atoms with Gasteiger partial charge in [0.15, 0.2) is 0 Å². The van der Waals surface area contributed by atoms with E-state index in [1.165, 1.54) is 0 Å². The van der Waals surface area contributed by atoms with Gasteiger partial charge in [-0.1, -0.05) is 20.3 Å². The number of likely N-dealkylation sites (tertiary alicyclic amines) is 1. The molecule has 0 saturated carbocycles. The second kappa shape index (κ2) is 10.7. The summed E-state index contributed by atoms with van der Waals surface area (Å²) in [6.07, 6.45) is 2.27. The number of nitrogens with zero attached hydrogens (tertiary/aromatic N) is 2. The molecule has 0 aromatic heterocycles. The monoisotopic (exact) mass is 497 g/mol. The number of esters is 1. The first-order chi connectivity index (χ1) is 16.4. The molecule has 10 heteroatoms. The van der Waals surface area contributed by atoms with Gasteiger partial charge in [0.25, 0.3) is 0 Å². The number of carbonyl (C=O) groups excluding carboxylic acids is 3.